The van der Waals surface area contributed by atoms with E-state index in [9.17, 15) is 4.79 Å². The Kier molecular flexibility index (Phi) is 3.76. The molecule has 1 aromatic heterocycles. The van der Waals surface area contributed by atoms with Crippen LogP contribution in [0.2, 0.25) is 0 Å². The summed E-state index contributed by atoms with van der Waals surface area (Å²) in [4.78, 5) is 9.77. The van der Waals surface area contributed by atoms with E-state index in [-0.39, 0.29) is 27.3 Å². The van der Waals surface area contributed by atoms with Crippen LogP contribution in [0.15, 0.2) is 22.8 Å². The maximum atomic E-state index is 9.77. The molecule has 0 aliphatic carbocycles. The van der Waals surface area contributed by atoms with Crippen molar-refractivity contribution in [3.63, 3.8) is 0 Å². The molecule has 0 aliphatic rings. The van der Waals surface area contributed by atoms with Gasteiger partial charge in [0.25, 0.3) is 0 Å². The third-order valence-corrected chi connectivity index (χ3v) is 0.659. The van der Waals surface area contributed by atoms with Crippen molar-refractivity contribution in [2.75, 3.05) is 0 Å². The van der Waals surface area contributed by atoms with E-state index in [1.807, 2.05) is 0 Å². The van der Waals surface area contributed by atoms with Gasteiger partial charge < -0.3 is 4.42 Å². The second kappa shape index (κ2) is 3.82. The van der Waals surface area contributed by atoms with E-state index in [4.69, 9.17) is 0 Å². The van der Waals surface area contributed by atoms with Crippen LogP contribution in [0.25, 0.3) is 0 Å². The van der Waals surface area contributed by atoms with Gasteiger partial charge in [0.05, 0.1) is 6.26 Å². The van der Waals surface area contributed by atoms with Gasteiger partial charge in [0.15, 0.2) is 12.0 Å². The minimum absolute atomic E-state index is 0. The molecule has 1 rings (SSSR count). The van der Waals surface area contributed by atoms with Gasteiger partial charge in [-0.3, -0.25) is 4.79 Å². The van der Waals surface area contributed by atoms with Gasteiger partial charge in [0.1, 0.15) is 0 Å². The molecule has 0 atom stereocenters. The van der Waals surface area contributed by atoms with Crippen molar-refractivity contribution in [3.05, 3.63) is 24.2 Å². The first-order valence-corrected chi connectivity index (χ1v) is 1.92. The molecule has 2 nitrogen and oxygen atoms in total. The number of hydrogen-bond donors (Lipinski definition) is 0. The molecule has 1 aromatic rings. The van der Waals surface area contributed by atoms with E-state index in [1.54, 1.807) is 12.1 Å². The van der Waals surface area contributed by atoms with Crippen molar-refractivity contribution in [1.82, 2.24) is 0 Å². The molecule has 0 aromatic carbocycles. The Hall–Kier alpha value is -0.128. The van der Waals surface area contributed by atoms with Crippen LogP contribution in [0.1, 0.15) is 10.6 Å². The number of carbonyl (C=O) groups excluding carboxylic acids is 1. The van der Waals surface area contributed by atoms with Gasteiger partial charge in [-0.2, -0.15) is 0 Å². The van der Waals surface area contributed by atoms with Crippen LogP contribution in [0.4, 0.5) is 0 Å². The summed E-state index contributed by atoms with van der Waals surface area (Å²) in [7, 11) is 0. The Bertz CT molecular complexity index is 145. The number of hydrogen-bond acceptors (Lipinski definition) is 2. The monoisotopic (exact) mass is 306 g/mol. The summed E-state index contributed by atoms with van der Waals surface area (Å²) in [5.74, 6) is 0.375. The SMILES string of the molecule is O=Cc1ccco1.[PbH2]. The minimum atomic E-state index is 0. The molecule has 2 radical (unpaired) electrons. The van der Waals surface area contributed by atoms with Crippen molar-refractivity contribution in [2.45, 2.75) is 0 Å². The van der Waals surface area contributed by atoms with E-state index in [1.165, 1.54) is 6.26 Å². The molecule has 0 aliphatic heterocycles. The van der Waals surface area contributed by atoms with E-state index in [0.717, 1.165) is 0 Å². The molecule has 3 heteroatoms. The molecule has 0 unspecified atom stereocenters. The average molecular weight is 305 g/mol. The Morgan fingerprint density at radius 1 is 1.62 bits per heavy atom. The first-order valence-electron chi connectivity index (χ1n) is 1.92. The number of aldehydes is 1. The summed E-state index contributed by atoms with van der Waals surface area (Å²) in [6, 6.07) is 3.27. The van der Waals surface area contributed by atoms with Gasteiger partial charge in [0.2, 0.25) is 0 Å². The summed E-state index contributed by atoms with van der Waals surface area (Å²) >= 11 is 0. The fourth-order valence-corrected chi connectivity index (χ4v) is 0.358. The summed E-state index contributed by atoms with van der Waals surface area (Å²) < 4.78 is 4.61. The van der Waals surface area contributed by atoms with E-state index < -0.39 is 0 Å². The van der Waals surface area contributed by atoms with Crippen molar-refractivity contribution < 1.29 is 9.21 Å². The Labute approximate surface area is 67.0 Å². The first kappa shape index (κ1) is 7.87. The zero-order valence-electron chi connectivity index (χ0n) is 4.33. The molecular formula is C5H6O2Pb. The van der Waals surface area contributed by atoms with Crippen LogP contribution in [-0.4, -0.2) is 33.6 Å². The molecule has 0 amide bonds. The zero-order chi connectivity index (χ0) is 5.11. The fourth-order valence-electron chi connectivity index (χ4n) is 0.358. The molecule has 0 N–H and O–H groups in total. The third-order valence-electron chi connectivity index (χ3n) is 0.659. The number of furan rings is 1. The van der Waals surface area contributed by atoms with Crippen molar-refractivity contribution in [1.29, 1.82) is 0 Å². The van der Waals surface area contributed by atoms with Gasteiger partial charge in [-0.1, -0.05) is 0 Å². The van der Waals surface area contributed by atoms with Gasteiger partial charge in [0, 0.05) is 0 Å². The first-order chi connectivity index (χ1) is 3.43. The maximum absolute atomic E-state index is 9.77. The van der Waals surface area contributed by atoms with Crippen molar-refractivity contribution in [2.24, 2.45) is 0 Å². The Morgan fingerprint density at radius 3 is 2.62 bits per heavy atom. The van der Waals surface area contributed by atoms with Crippen LogP contribution in [-0.2, 0) is 0 Å². The van der Waals surface area contributed by atoms with E-state index in [2.05, 4.69) is 4.42 Å². The van der Waals surface area contributed by atoms with Crippen LogP contribution >= 0.6 is 0 Å². The normalized spacial score (nSPS) is 7.50. The topological polar surface area (TPSA) is 30.2 Å². The predicted octanol–water partition coefficient (Wildman–Crippen LogP) is 0.176. The summed E-state index contributed by atoms with van der Waals surface area (Å²) in [5, 5.41) is 0. The molecule has 0 fully saturated rings. The standard InChI is InChI=1S/C5H4O2.Pb.2H/c6-4-5-2-1-3-7-5;;;/h1-4H;;;. The quantitative estimate of drug-likeness (QED) is 0.547. The molecular weight excluding hydrogens is 299 g/mol. The summed E-state index contributed by atoms with van der Waals surface area (Å²) in [6.45, 7) is 0. The van der Waals surface area contributed by atoms with Gasteiger partial charge in [-0.05, 0) is 12.1 Å². The molecule has 0 spiro atoms. The molecule has 42 valence electrons. The predicted molar refractivity (Wildman–Crippen MR) is 32.6 cm³/mol. The second-order valence-corrected chi connectivity index (χ2v) is 1.13. The summed E-state index contributed by atoms with van der Waals surface area (Å²) in [5.41, 5.74) is 0. The van der Waals surface area contributed by atoms with E-state index >= 15 is 0 Å². The second-order valence-electron chi connectivity index (χ2n) is 1.13. The molecule has 8 heavy (non-hydrogen) atoms. The Morgan fingerprint density at radius 2 is 2.38 bits per heavy atom. The van der Waals surface area contributed by atoms with Crippen molar-refractivity contribution in [3.8, 4) is 0 Å². The average Bonchev–Trinajstić information content (AvgIpc) is 2.14. The van der Waals surface area contributed by atoms with Crippen LogP contribution in [0, 0.1) is 0 Å². The molecule has 1 heterocycles. The van der Waals surface area contributed by atoms with E-state index in [0.29, 0.717) is 12.0 Å². The van der Waals surface area contributed by atoms with Gasteiger partial charge in [-0.25, -0.2) is 0 Å². The molecule has 0 saturated heterocycles. The summed E-state index contributed by atoms with van der Waals surface area (Å²) in [6.07, 6.45) is 2.13. The van der Waals surface area contributed by atoms with Crippen LogP contribution in [0.5, 0.6) is 0 Å². The third kappa shape index (κ3) is 1.77. The van der Waals surface area contributed by atoms with Crippen LogP contribution < -0.4 is 0 Å². The fraction of sp³-hybridized carbons (Fsp3) is 0. The Balaban J connectivity index is 0.000000490. The van der Waals surface area contributed by atoms with Gasteiger partial charge >= 0.3 is 27.3 Å². The van der Waals surface area contributed by atoms with Crippen molar-refractivity contribution >= 4 is 33.6 Å². The molecule has 0 bridgehead atoms. The van der Waals surface area contributed by atoms with Gasteiger partial charge in [-0.15, -0.1) is 0 Å². The molecule has 0 saturated carbocycles. The number of carbonyl (C=O) groups is 1. The van der Waals surface area contributed by atoms with Crippen LogP contribution in [0.3, 0.4) is 0 Å². The number of rotatable bonds is 1. The zero-order valence-corrected chi connectivity index (χ0v) is 9.83.